The molecule has 0 aliphatic rings. The lowest BCUT2D eigenvalue weighted by Crippen LogP contribution is -2.40. The highest BCUT2D eigenvalue weighted by Crippen LogP contribution is 2.16. The van der Waals surface area contributed by atoms with E-state index in [0.29, 0.717) is 0 Å². The molecular weight excluding hydrogens is 332 g/mol. The number of aryl methyl sites for hydroxylation is 1. The predicted octanol–water partition coefficient (Wildman–Crippen LogP) is 3.07. The van der Waals surface area contributed by atoms with Gasteiger partial charge >= 0.3 is 0 Å². The summed E-state index contributed by atoms with van der Waals surface area (Å²) in [5.74, 6) is -0.0806. The maximum absolute atomic E-state index is 12.1. The third-order valence-corrected chi connectivity index (χ3v) is 4.70. The summed E-state index contributed by atoms with van der Waals surface area (Å²) in [4.78, 5) is 25.3. The highest BCUT2D eigenvalue weighted by Gasteiger charge is 2.23. The molecular formula is C16H23BrN2O2. The van der Waals surface area contributed by atoms with Crippen molar-refractivity contribution in [1.82, 2.24) is 4.90 Å². The summed E-state index contributed by atoms with van der Waals surface area (Å²) in [7, 11) is 1.64. The number of carbonyl (C=O) groups excluding carboxylic acids is 2. The largest absolute Gasteiger partial charge is 0.335 e. The Kier molecular flexibility index (Phi) is 6.89. The van der Waals surface area contributed by atoms with Crippen molar-refractivity contribution >= 4 is 33.4 Å². The monoisotopic (exact) mass is 354 g/mol. The smallest absolute Gasteiger partial charge is 0.243 e. The lowest BCUT2D eigenvalue weighted by Gasteiger charge is -2.22. The molecule has 0 fully saturated rings. The van der Waals surface area contributed by atoms with Crippen LogP contribution in [0.4, 0.5) is 5.69 Å². The number of carbonyl (C=O) groups is 2. The molecule has 1 atom stereocenters. The topological polar surface area (TPSA) is 49.4 Å². The molecule has 4 nitrogen and oxygen atoms in total. The third-order valence-electron chi connectivity index (χ3n) is 3.25. The van der Waals surface area contributed by atoms with E-state index in [1.165, 1.54) is 4.90 Å². The molecule has 0 saturated heterocycles. The van der Waals surface area contributed by atoms with E-state index in [0.717, 1.165) is 17.7 Å². The van der Waals surface area contributed by atoms with Crippen molar-refractivity contribution in [2.45, 2.75) is 32.0 Å². The first kappa shape index (κ1) is 17.7. The fourth-order valence-corrected chi connectivity index (χ4v) is 2.28. The van der Waals surface area contributed by atoms with E-state index >= 15 is 0 Å². The minimum Gasteiger partial charge on any atom is -0.335 e. The Morgan fingerprint density at radius 3 is 2.48 bits per heavy atom. The van der Waals surface area contributed by atoms with Gasteiger partial charge in [-0.25, -0.2) is 0 Å². The number of anilines is 1. The Hall–Kier alpha value is -1.36. The van der Waals surface area contributed by atoms with Gasteiger partial charge in [0.1, 0.15) is 0 Å². The van der Waals surface area contributed by atoms with Gasteiger partial charge in [-0.15, -0.1) is 0 Å². The van der Waals surface area contributed by atoms with Crippen LogP contribution < -0.4 is 5.32 Å². The molecule has 2 amide bonds. The Balaban J connectivity index is 2.63. The number of rotatable bonds is 6. The van der Waals surface area contributed by atoms with Gasteiger partial charge in [0.2, 0.25) is 11.8 Å². The molecule has 0 heterocycles. The average Bonchev–Trinajstić information content (AvgIpc) is 2.45. The van der Waals surface area contributed by atoms with Crippen molar-refractivity contribution < 1.29 is 9.59 Å². The summed E-state index contributed by atoms with van der Waals surface area (Å²) >= 11 is 3.36. The molecule has 0 spiro atoms. The van der Waals surface area contributed by atoms with Crippen molar-refractivity contribution in [1.29, 1.82) is 0 Å². The van der Waals surface area contributed by atoms with Gasteiger partial charge in [0.25, 0.3) is 0 Å². The number of para-hydroxylation sites is 1. The summed E-state index contributed by atoms with van der Waals surface area (Å²) in [6.45, 7) is 6.01. The number of nitrogens with zero attached hydrogens (tertiary/aromatic N) is 1. The minimum absolute atomic E-state index is 0.0473. The van der Waals surface area contributed by atoms with Crippen LogP contribution in [0.25, 0.3) is 0 Å². The second-order valence-electron chi connectivity index (χ2n) is 5.40. The summed E-state index contributed by atoms with van der Waals surface area (Å²) in [5, 5.41) is 2.87. The van der Waals surface area contributed by atoms with Gasteiger partial charge in [0.15, 0.2) is 0 Å². The number of halogens is 1. The second-order valence-corrected chi connectivity index (χ2v) is 6.39. The first-order valence-corrected chi connectivity index (χ1v) is 8.05. The van der Waals surface area contributed by atoms with Gasteiger partial charge in [-0.05, 0) is 24.0 Å². The van der Waals surface area contributed by atoms with E-state index in [4.69, 9.17) is 0 Å². The first-order valence-electron chi connectivity index (χ1n) is 7.13. The zero-order chi connectivity index (χ0) is 16.0. The van der Waals surface area contributed by atoms with Crippen LogP contribution in [0, 0.1) is 5.92 Å². The normalized spacial score (nSPS) is 12.1. The van der Waals surface area contributed by atoms with Gasteiger partial charge < -0.3 is 10.2 Å². The maximum Gasteiger partial charge on any atom is 0.243 e. The van der Waals surface area contributed by atoms with Gasteiger partial charge in [-0.3, -0.25) is 9.59 Å². The number of hydrogen-bond acceptors (Lipinski definition) is 2. The van der Waals surface area contributed by atoms with E-state index in [1.54, 1.807) is 7.05 Å². The van der Waals surface area contributed by atoms with Crippen molar-refractivity contribution in [3.63, 3.8) is 0 Å². The van der Waals surface area contributed by atoms with Crippen LogP contribution in [-0.4, -0.2) is 35.1 Å². The van der Waals surface area contributed by atoms with Crippen LogP contribution in [0.15, 0.2) is 24.3 Å². The predicted molar refractivity (Wildman–Crippen MR) is 89.6 cm³/mol. The Bertz CT molecular complexity index is 503. The maximum atomic E-state index is 12.1. The van der Waals surface area contributed by atoms with Gasteiger partial charge in [0.05, 0.1) is 11.4 Å². The molecule has 1 unspecified atom stereocenters. The van der Waals surface area contributed by atoms with Gasteiger partial charge in [-0.1, -0.05) is 54.9 Å². The van der Waals surface area contributed by atoms with Gasteiger partial charge in [0, 0.05) is 12.7 Å². The van der Waals surface area contributed by atoms with E-state index < -0.39 is 0 Å². The second kappa shape index (κ2) is 8.17. The van der Waals surface area contributed by atoms with Crippen molar-refractivity contribution in [2.24, 2.45) is 5.92 Å². The minimum atomic E-state index is -0.266. The highest BCUT2D eigenvalue weighted by molar-refractivity contribution is 9.10. The average molecular weight is 355 g/mol. The molecule has 21 heavy (non-hydrogen) atoms. The Labute approximate surface area is 135 Å². The number of likely N-dealkylation sites (N-methyl/N-ethyl adjacent to an activating group) is 1. The van der Waals surface area contributed by atoms with Crippen LogP contribution in [0.3, 0.4) is 0 Å². The van der Waals surface area contributed by atoms with E-state index in [-0.39, 0.29) is 29.1 Å². The molecule has 1 N–H and O–H groups in total. The van der Waals surface area contributed by atoms with Crippen molar-refractivity contribution in [2.75, 3.05) is 18.9 Å². The molecule has 0 aliphatic carbocycles. The standard InChI is InChI=1S/C16H23BrN2O2/c1-5-12-8-6-7-9-13(12)18-14(20)10-19(4)16(21)15(17)11(2)3/h6-9,11,15H,5,10H2,1-4H3,(H,18,20). The molecule has 1 rings (SSSR count). The molecule has 1 aromatic carbocycles. The number of alkyl halides is 1. The lowest BCUT2D eigenvalue weighted by molar-refractivity contribution is -0.133. The molecule has 0 saturated carbocycles. The molecule has 0 aromatic heterocycles. The SMILES string of the molecule is CCc1ccccc1NC(=O)CN(C)C(=O)C(Br)C(C)C. The van der Waals surface area contributed by atoms with Crippen molar-refractivity contribution in [3.05, 3.63) is 29.8 Å². The van der Waals surface area contributed by atoms with Crippen LogP contribution >= 0.6 is 15.9 Å². The lowest BCUT2D eigenvalue weighted by atomic mass is 10.1. The Morgan fingerprint density at radius 1 is 1.29 bits per heavy atom. The first-order chi connectivity index (χ1) is 9.86. The van der Waals surface area contributed by atoms with E-state index in [9.17, 15) is 9.59 Å². The number of amides is 2. The third kappa shape index (κ3) is 5.16. The van der Waals surface area contributed by atoms with Crippen LogP contribution in [0.5, 0.6) is 0 Å². The molecule has 1 aromatic rings. The molecule has 0 bridgehead atoms. The summed E-state index contributed by atoms with van der Waals surface area (Å²) < 4.78 is 0. The van der Waals surface area contributed by atoms with E-state index in [1.807, 2.05) is 45.0 Å². The summed E-state index contributed by atoms with van der Waals surface area (Å²) in [6, 6.07) is 7.69. The van der Waals surface area contributed by atoms with Crippen LogP contribution in [0.2, 0.25) is 0 Å². The number of nitrogens with one attached hydrogen (secondary N) is 1. The fourth-order valence-electron chi connectivity index (χ4n) is 1.93. The number of hydrogen-bond donors (Lipinski definition) is 1. The molecule has 0 radical (unpaired) electrons. The number of benzene rings is 1. The quantitative estimate of drug-likeness (QED) is 0.798. The molecule has 116 valence electrons. The van der Waals surface area contributed by atoms with Crippen LogP contribution in [0.1, 0.15) is 26.3 Å². The fraction of sp³-hybridized carbons (Fsp3) is 0.500. The van der Waals surface area contributed by atoms with Gasteiger partial charge in [-0.2, -0.15) is 0 Å². The van der Waals surface area contributed by atoms with Crippen molar-refractivity contribution in [3.8, 4) is 0 Å². The molecule has 0 aliphatic heterocycles. The zero-order valence-electron chi connectivity index (χ0n) is 13.0. The van der Waals surface area contributed by atoms with Crippen LogP contribution in [-0.2, 0) is 16.0 Å². The zero-order valence-corrected chi connectivity index (χ0v) is 14.6. The summed E-state index contributed by atoms with van der Waals surface area (Å²) in [5.41, 5.74) is 1.89. The summed E-state index contributed by atoms with van der Waals surface area (Å²) in [6.07, 6.45) is 0.849. The highest BCUT2D eigenvalue weighted by atomic mass is 79.9. The van der Waals surface area contributed by atoms with E-state index in [2.05, 4.69) is 21.2 Å². The Morgan fingerprint density at radius 2 is 1.90 bits per heavy atom. The molecule has 5 heteroatoms.